The minimum atomic E-state index is -0.385. The standard InChI is InChI=1S/C16H21N5O2.2ClH/c1-11-18-6-7-21(11)15-5-2-12(9-19-15)10-20-16(22)14-4-3-13(8-17)23-14;;/h2,5-7,9,13-14H,3-4,8,10,17H2,1H3,(H,20,22);2*1H/t13-,14+;;/m1../s1. The highest BCUT2D eigenvalue weighted by Gasteiger charge is 2.29. The van der Waals surface area contributed by atoms with E-state index in [0.717, 1.165) is 30.0 Å². The second kappa shape index (κ2) is 9.72. The summed E-state index contributed by atoms with van der Waals surface area (Å²) in [6.07, 6.45) is 6.55. The number of hydrogen-bond acceptors (Lipinski definition) is 5. The highest BCUT2D eigenvalue weighted by molar-refractivity contribution is 5.85. The summed E-state index contributed by atoms with van der Waals surface area (Å²) < 4.78 is 7.48. The molecule has 1 aliphatic heterocycles. The number of carbonyl (C=O) groups is 1. The maximum absolute atomic E-state index is 12.1. The molecule has 0 radical (unpaired) electrons. The molecule has 3 rings (SSSR count). The number of nitrogens with zero attached hydrogens (tertiary/aromatic N) is 3. The van der Waals surface area contributed by atoms with E-state index in [4.69, 9.17) is 10.5 Å². The summed E-state index contributed by atoms with van der Waals surface area (Å²) in [7, 11) is 0. The van der Waals surface area contributed by atoms with Crippen molar-refractivity contribution in [2.24, 2.45) is 5.73 Å². The van der Waals surface area contributed by atoms with E-state index < -0.39 is 0 Å². The lowest BCUT2D eigenvalue weighted by Crippen LogP contribution is -2.35. The van der Waals surface area contributed by atoms with E-state index >= 15 is 0 Å². The van der Waals surface area contributed by atoms with E-state index in [0.29, 0.717) is 13.1 Å². The van der Waals surface area contributed by atoms with Gasteiger partial charge in [0.15, 0.2) is 0 Å². The number of nitrogens with two attached hydrogens (primary N) is 1. The Morgan fingerprint density at radius 3 is 2.72 bits per heavy atom. The zero-order chi connectivity index (χ0) is 16.2. The Labute approximate surface area is 159 Å². The molecule has 1 fully saturated rings. The Morgan fingerprint density at radius 1 is 1.36 bits per heavy atom. The fourth-order valence-electron chi connectivity index (χ4n) is 2.66. The van der Waals surface area contributed by atoms with Gasteiger partial charge in [-0.05, 0) is 31.4 Å². The van der Waals surface area contributed by atoms with Crippen LogP contribution in [0.15, 0.2) is 30.7 Å². The van der Waals surface area contributed by atoms with Crippen molar-refractivity contribution in [3.8, 4) is 5.82 Å². The van der Waals surface area contributed by atoms with Crippen LogP contribution < -0.4 is 11.1 Å². The molecule has 0 saturated carbocycles. The molecule has 1 saturated heterocycles. The van der Waals surface area contributed by atoms with Crippen LogP contribution in [0.1, 0.15) is 24.2 Å². The van der Waals surface area contributed by atoms with E-state index in [1.165, 1.54) is 0 Å². The Morgan fingerprint density at radius 2 is 2.16 bits per heavy atom. The number of pyridine rings is 1. The van der Waals surface area contributed by atoms with Crippen molar-refractivity contribution >= 4 is 30.7 Å². The third kappa shape index (κ3) is 5.15. The SMILES string of the molecule is Cc1nccn1-c1ccc(CNC(=O)[C@@H]2CC[C@H](CN)O2)cn1.Cl.Cl. The van der Waals surface area contributed by atoms with Crippen LogP contribution in [-0.2, 0) is 16.1 Å². The molecule has 0 aliphatic carbocycles. The lowest BCUT2D eigenvalue weighted by Gasteiger charge is -2.13. The monoisotopic (exact) mass is 387 g/mol. The van der Waals surface area contributed by atoms with Crippen molar-refractivity contribution in [3.63, 3.8) is 0 Å². The number of nitrogens with one attached hydrogen (secondary N) is 1. The van der Waals surface area contributed by atoms with Gasteiger partial charge >= 0.3 is 0 Å². The average Bonchev–Trinajstić information content (AvgIpc) is 3.22. The van der Waals surface area contributed by atoms with Gasteiger partial charge in [-0.25, -0.2) is 9.97 Å². The minimum absolute atomic E-state index is 0. The lowest BCUT2D eigenvalue weighted by atomic mass is 10.2. The number of halogens is 2. The Balaban J connectivity index is 0.00000156. The summed E-state index contributed by atoms with van der Waals surface area (Å²) >= 11 is 0. The first kappa shape index (κ1) is 21.4. The van der Waals surface area contributed by atoms with Crippen LogP contribution in [0.25, 0.3) is 5.82 Å². The molecule has 2 aromatic heterocycles. The zero-order valence-electron chi connectivity index (χ0n) is 13.9. The van der Waals surface area contributed by atoms with Crippen LogP contribution in [0.2, 0.25) is 0 Å². The molecule has 2 aromatic rings. The number of hydrogen-bond donors (Lipinski definition) is 2. The quantitative estimate of drug-likeness (QED) is 0.810. The van der Waals surface area contributed by atoms with Gasteiger partial charge in [0.25, 0.3) is 0 Å². The molecule has 2 atom stereocenters. The Bertz CT molecular complexity index is 677. The summed E-state index contributed by atoms with van der Waals surface area (Å²) in [5.41, 5.74) is 6.49. The van der Waals surface area contributed by atoms with E-state index in [-0.39, 0.29) is 42.9 Å². The van der Waals surface area contributed by atoms with E-state index in [1.807, 2.05) is 29.8 Å². The molecule has 0 aromatic carbocycles. The van der Waals surface area contributed by atoms with Gasteiger partial charge in [-0.2, -0.15) is 0 Å². The zero-order valence-corrected chi connectivity index (χ0v) is 15.6. The average molecular weight is 388 g/mol. The van der Waals surface area contributed by atoms with Crippen LogP contribution in [-0.4, -0.2) is 39.2 Å². The topological polar surface area (TPSA) is 95.1 Å². The number of aromatic nitrogens is 3. The molecule has 138 valence electrons. The number of amides is 1. The molecule has 9 heteroatoms. The molecule has 1 aliphatic rings. The van der Waals surface area contributed by atoms with Crippen LogP contribution in [0.3, 0.4) is 0 Å². The maximum Gasteiger partial charge on any atom is 0.249 e. The fraction of sp³-hybridized carbons (Fsp3) is 0.438. The first-order chi connectivity index (χ1) is 11.2. The molecule has 0 bridgehead atoms. The minimum Gasteiger partial charge on any atom is -0.364 e. The molecular weight excluding hydrogens is 365 g/mol. The van der Waals surface area contributed by atoms with Gasteiger partial charge in [0.05, 0.1) is 6.10 Å². The third-order valence-electron chi connectivity index (χ3n) is 4.01. The molecule has 25 heavy (non-hydrogen) atoms. The number of ether oxygens (including phenoxy) is 1. The number of aryl methyl sites for hydroxylation is 1. The molecular formula is C16H23Cl2N5O2. The molecule has 0 unspecified atom stereocenters. The van der Waals surface area contributed by atoms with Crippen LogP contribution in [0.5, 0.6) is 0 Å². The van der Waals surface area contributed by atoms with Crippen molar-refractivity contribution in [1.82, 2.24) is 19.9 Å². The van der Waals surface area contributed by atoms with Gasteiger partial charge in [0.1, 0.15) is 17.7 Å². The van der Waals surface area contributed by atoms with Gasteiger partial charge in [-0.1, -0.05) is 6.07 Å². The van der Waals surface area contributed by atoms with Crippen molar-refractivity contribution < 1.29 is 9.53 Å². The predicted octanol–water partition coefficient (Wildman–Crippen LogP) is 1.54. The Hall–Kier alpha value is -1.67. The summed E-state index contributed by atoms with van der Waals surface area (Å²) in [5.74, 6) is 1.60. The second-order valence-electron chi connectivity index (χ2n) is 5.65. The number of carbonyl (C=O) groups excluding carboxylic acids is 1. The summed E-state index contributed by atoms with van der Waals surface area (Å²) in [4.78, 5) is 20.7. The maximum atomic E-state index is 12.1. The van der Waals surface area contributed by atoms with Gasteiger partial charge in [0, 0.05) is 31.7 Å². The van der Waals surface area contributed by atoms with E-state index in [9.17, 15) is 4.79 Å². The van der Waals surface area contributed by atoms with Crippen molar-refractivity contribution in [2.45, 2.75) is 38.5 Å². The van der Waals surface area contributed by atoms with Crippen LogP contribution >= 0.6 is 24.8 Å². The van der Waals surface area contributed by atoms with E-state index in [1.54, 1.807) is 12.4 Å². The van der Waals surface area contributed by atoms with Crippen LogP contribution in [0, 0.1) is 6.92 Å². The predicted molar refractivity (Wildman–Crippen MR) is 99.4 cm³/mol. The van der Waals surface area contributed by atoms with Crippen molar-refractivity contribution in [3.05, 3.63) is 42.1 Å². The van der Waals surface area contributed by atoms with Crippen molar-refractivity contribution in [2.75, 3.05) is 6.54 Å². The highest BCUT2D eigenvalue weighted by atomic mass is 35.5. The molecule has 1 amide bonds. The summed E-state index contributed by atoms with van der Waals surface area (Å²) in [6.45, 7) is 2.82. The van der Waals surface area contributed by atoms with Crippen molar-refractivity contribution in [1.29, 1.82) is 0 Å². The summed E-state index contributed by atoms with van der Waals surface area (Å²) in [5, 5.41) is 2.89. The molecule has 3 N–H and O–H groups in total. The second-order valence-corrected chi connectivity index (χ2v) is 5.65. The fourth-order valence-corrected chi connectivity index (χ4v) is 2.66. The van der Waals surface area contributed by atoms with E-state index in [2.05, 4.69) is 15.3 Å². The lowest BCUT2D eigenvalue weighted by molar-refractivity contribution is -0.132. The number of imidazole rings is 1. The molecule has 0 spiro atoms. The van der Waals surface area contributed by atoms with Gasteiger partial charge in [0.2, 0.25) is 5.91 Å². The molecule has 3 heterocycles. The third-order valence-corrected chi connectivity index (χ3v) is 4.01. The van der Waals surface area contributed by atoms with Gasteiger partial charge in [-0.3, -0.25) is 9.36 Å². The first-order valence-corrected chi connectivity index (χ1v) is 7.76. The Kier molecular flexibility index (Phi) is 8.31. The molecule has 7 nitrogen and oxygen atoms in total. The highest BCUT2D eigenvalue weighted by Crippen LogP contribution is 2.19. The van der Waals surface area contributed by atoms with Gasteiger partial charge < -0.3 is 15.8 Å². The van der Waals surface area contributed by atoms with Gasteiger partial charge in [-0.15, -0.1) is 24.8 Å². The first-order valence-electron chi connectivity index (χ1n) is 7.76. The number of rotatable bonds is 5. The smallest absolute Gasteiger partial charge is 0.249 e. The normalized spacial score (nSPS) is 19.0. The summed E-state index contributed by atoms with van der Waals surface area (Å²) in [6, 6.07) is 3.85. The van der Waals surface area contributed by atoms with Crippen LogP contribution in [0.4, 0.5) is 0 Å². The largest absolute Gasteiger partial charge is 0.364 e.